The number of hydrogen-bond acceptors (Lipinski definition) is 2. The summed E-state index contributed by atoms with van der Waals surface area (Å²) in [6.45, 7) is 0. The Morgan fingerprint density at radius 2 is 2.27 bits per heavy atom. The molecule has 11 heavy (non-hydrogen) atoms. The van der Waals surface area contributed by atoms with Gasteiger partial charge in [0.2, 0.25) is 0 Å². The molecule has 0 fully saturated rings. The highest BCUT2D eigenvalue weighted by molar-refractivity contribution is 9.12. The molecule has 0 unspecified atom stereocenters. The Balaban J connectivity index is 2.48. The maximum Gasteiger partial charge on any atom is 0.166 e. The van der Waals surface area contributed by atoms with Crippen LogP contribution in [0, 0.1) is 0 Å². The molecule has 1 atom stereocenters. The monoisotopic (exact) mass is 230 g/mol. The Hall–Kier alpha value is -0.410. The minimum Gasteiger partial charge on any atom is -0.262 e. The Morgan fingerprint density at radius 1 is 1.45 bits per heavy atom. The highest BCUT2D eigenvalue weighted by Crippen LogP contribution is 2.31. The summed E-state index contributed by atoms with van der Waals surface area (Å²) in [5.74, 6) is 0. The zero-order valence-corrected chi connectivity index (χ0v) is 7.80. The van der Waals surface area contributed by atoms with Crippen molar-refractivity contribution in [1.29, 1.82) is 0 Å². The summed E-state index contributed by atoms with van der Waals surface area (Å²) in [5, 5.41) is 0.711. The number of rotatable bonds is 0. The van der Waals surface area contributed by atoms with E-state index < -0.39 is 0 Å². The van der Waals surface area contributed by atoms with Crippen LogP contribution in [0.1, 0.15) is 0 Å². The van der Waals surface area contributed by atoms with Crippen molar-refractivity contribution in [3.05, 3.63) is 21.2 Å². The molecule has 0 N–H and O–H groups in total. The maximum absolute atomic E-state index is 5.96. The molecule has 0 aromatic heterocycles. The lowest BCUT2D eigenvalue weighted by Gasteiger charge is -2.12. The molecule has 56 valence electrons. The van der Waals surface area contributed by atoms with Gasteiger partial charge in [-0.1, -0.05) is 11.6 Å². The first-order valence-electron chi connectivity index (χ1n) is 3.11. The summed E-state index contributed by atoms with van der Waals surface area (Å²) >= 11 is 9.25. The quantitative estimate of drug-likeness (QED) is 0.611. The van der Waals surface area contributed by atoms with Crippen LogP contribution in [0.2, 0.25) is 0 Å². The SMILES string of the molecule is ClC1=C(Br)C=N[C@H]2N=CC=C12. The second-order valence-electron chi connectivity index (χ2n) is 2.23. The van der Waals surface area contributed by atoms with Gasteiger partial charge in [0.1, 0.15) is 0 Å². The van der Waals surface area contributed by atoms with Gasteiger partial charge in [-0.05, 0) is 22.0 Å². The number of aliphatic imine (C=N–C) groups is 2. The summed E-state index contributed by atoms with van der Waals surface area (Å²) < 4.78 is 0.826. The van der Waals surface area contributed by atoms with Gasteiger partial charge in [-0.15, -0.1) is 0 Å². The van der Waals surface area contributed by atoms with Crippen LogP contribution in [0.5, 0.6) is 0 Å². The molecule has 4 heteroatoms. The van der Waals surface area contributed by atoms with Crippen molar-refractivity contribution in [2.45, 2.75) is 6.17 Å². The van der Waals surface area contributed by atoms with Crippen molar-refractivity contribution in [2.75, 3.05) is 0 Å². The van der Waals surface area contributed by atoms with Crippen LogP contribution < -0.4 is 0 Å². The van der Waals surface area contributed by atoms with Gasteiger partial charge in [0.05, 0.1) is 9.51 Å². The molecule has 0 amide bonds. The molecule has 0 saturated heterocycles. The number of allylic oxidation sites excluding steroid dienone is 2. The minimum atomic E-state index is -0.0937. The molecule has 2 aliphatic heterocycles. The lowest BCUT2D eigenvalue weighted by molar-refractivity contribution is 0.858. The summed E-state index contributed by atoms with van der Waals surface area (Å²) in [5.41, 5.74) is 0.973. The Labute approximate surface area is 77.5 Å². The van der Waals surface area contributed by atoms with E-state index in [0.717, 1.165) is 10.1 Å². The van der Waals surface area contributed by atoms with Crippen molar-refractivity contribution >= 4 is 40.0 Å². The first kappa shape index (κ1) is 7.25. The molecule has 0 aliphatic carbocycles. The van der Waals surface area contributed by atoms with E-state index in [1.54, 1.807) is 12.4 Å². The average Bonchev–Trinajstić information content (AvgIpc) is 2.45. The second kappa shape index (κ2) is 2.57. The van der Waals surface area contributed by atoms with Crippen molar-refractivity contribution in [3.8, 4) is 0 Å². The molecule has 0 bridgehead atoms. The van der Waals surface area contributed by atoms with E-state index in [4.69, 9.17) is 11.6 Å². The third-order valence-corrected chi connectivity index (χ3v) is 2.80. The number of hydrogen-bond donors (Lipinski definition) is 0. The summed E-state index contributed by atoms with van der Waals surface area (Å²) in [6, 6.07) is 0. The summed E-state index contributed by atoms with van der Waals surface area (Å²) in [4.78, 5) is 8.23. The molecular formula is C7H4BrClN2. The van der Waals surface area contributed by atoms with E-state index in [1.807, 2.05) is 6.08 Å². The maximum atomic E-state index is 5.96. The lowest BCUT2D eigenvalue weighted by Crippen LogP contribution is -2.07. The minimum absolute atomic E-state index is 0.0937. The highest BCUT2D eigenvalue weighted by atomic mass is 79.9. The third kappa shape index (κ3) is 1.08. The van der Waals surface area contributed by atoms with Gasteiger partial charge in [0, 0.05) is 18.0 Å². The molecule has 0 aromatic carbocycles. The molecule has 0 spiro atoms. The normalized spacial score (nSPS) is 27.5. The zero-order valence-electron chi connectivity index (χ0n) is 5.46. The summed E-state index contributed by atoms with van der Waals surface area (Å²) in [6.07, 6.45) is 5.20. The largest absolute Gasteiger partial charge is 0.262 e. The van der Waals surface area contributed by atoms with Gasteiger partial charge in [-0.25, -0.2) is 0 Å². The molecule has 2 aliphatic rings. The standard InChI is InChI=1S/C7H4BrClN2/c8-5-3-11-7-4(6(5)9)1-2-10-7/h1-3,7H/t7-/m1/s1. The predicted octanol–water partition coefficient (Wildman–Crippen LogP) is 2.25. The smallest absolute Gasteiger partial charge is 0.166 e. The molecule has 0 radical (unpaired) electrons. The highest BCUT2D eigenvalue weighted by Gasteiger charge is 2.22. The Morgan fingerprint density at radius 3 is 3.09 bits per heavy atom. The van der Waals surface area contributed by atoms with Gasteiger partial charge < -0.3 is 0 Å². The molecule has 0 saturated carbocycles. The topological polar surface area (TPSA) is 24.7 Å². The van der Waals surface area contributed by atoms with Crippen LogP contribution in [0.4, 0.5) is 0 Å². The van der Waals surface area contributed by atoms with Crippen LogP contribution >= 0.6 is 27.5 Å². The van der Waals surface area contributed by atoms with Gasteiger partial charge in [-0.3, -0.25) is 9.98 Å². The number of fused-ring (bicyclic) bond motifs is 1. The van der Waals surface area contributed by atoms with E-state index in [1.165, 1.54) is 0 Å². The van der Waals surface area contributed by atoms with E-state index in [9.17, 15) is 0 Å². The third-order valence-electron chi connectivity index (χ3n) is 1.55. The first-order valence-corrected chi connectivity index (χ1v) is 4.28. The Bertz CT molecular complexity index is 314. The molecule has 2 nitrogen and oxygen atoms in total. The fraction of sp³-hybridized carbons (Fsp3) is 0.143. The van der Waals surface area contributed by atoms with Gasteiger partial charge in [0.15, 0.2) is 6.17 Å². The van der Waals surface area contributed by atoms with Crippen molar-refractivity contribution < 1.29 is 0 Å². The van der Waals surface area contributed by atoms with Crippen molar-refractivity contribution in [1.82, 2.24) is 0 Å². The molecule has 2 heterocycles. The second-order valence-corrected chi connectivity index (χ2v) is 3.47. The van der Waals surface area contributed by atoms with Crippen LogP contribution in [-0.2, 0) is 0 Å². The van der Waals surface area contributed by atoms with Gasteiger partial charge >= 0.3 is 0 Å². The number of dihydropyridines is 1. The number of halogens is 2. The van der Waals surface area contributed by atoms with Crippen LogP contribution in [0.15, 0.2) is 31.1 Å². The summed E-state index contributed by atoms with van der Waals surface area (Å²) in [7, 11) is 0. The molecule has 0 aromatic rings. The van der Waals surface area contributed by atoms with Crippen LogP contribution in [0.25, 0.3) is 0 Å². The Kier molecular flexibility index (Phi) is 1.69. The van der Waals surface area contributed by atoms with Crippen molar-refractivity contribution in [2.24, 2.45) is 9.98 Å². The van der Waals surface area contributed by atoms with Gasteiger partial charge in [-0.2, -0.15) is 0 Å². The van der Waals surface area contributed by atoms with Gasteiger partial charge in [0.25, 0.3) is 0 Å². The fourth-order valence-electron chi connectivity index (χ4n) is 1.01. The fourth-order valence-corrected chi connectivity index (χ4v) is 1.56. The van der Waals surface area contributed by atoms with E-state index in [0.29, 0.717) is 5.03 Å². The van der Waals surface area contributed by atoms with E-state index in [-0.39, 0.29) is 6.17 Å². The van der Waals surface area contributed by atoms with Crippen molar-refractivity contribution in [3.63, 3.8) is 0 Å². The predicted molar refractivity (Wildman–Crippen MR) is 50.7 cm³/mol. The zero-order chi connectivity index (χ0) is 7.84. The number of nitrogens with zero attached hydrogens (tertiary/aromatic N) is 2. The van der Waals surface area contributed by atoms with Crippen LogP contribution in [-0.4, -0.2) is 18.6 Å². The average molecular weight is 231 g/mol. The van der Waals surface area contributed by atoms with E-state index >= 15 is 0 Å². The van der Waals surface area contributed by atoms with Crippen LogP contribution in [0.3, 0.4) is 0 Å². The van der Waals surface area contributed by atoms with E-state index in [2.05, 4.69) is 25.9 Å². The molecule has 2 rings (SSSR count). The lowest BCUT2D eigenvalue weighted by atomic mass is 10.2. The first-order chi connectivity index (χ1) is 5.29. The molecular weight excluding hydrogens is 227 g/mol.